The molecule has 0 radical (unpaired) electrons. The van der Waals surface area contributed by atoms with Crippen LogP contribution >= 0.6 is 11.6 Å². The molecule has 1 saturated carbocycles. The van der Waals surface area contributed by atoms with Gasteiger partial charge in [-0.15, -0.1) is 0 Å². The van der Waals surface area contributed by atoms with Gasteiger partial charge in [-0.05, 0) is 61.1 Å². The number of hydrogen-bond donors (Lipinski definition) is 1. The molecule has 2 heterocycles. The van der Waals surface area contributed by atoms with E-state index in [2.05, 4.69) is 10.5 Å². The van der Waals surface area contributed by atoms with Gasteiger partial charge in [-0.1, -0.05) is 11.6 Å². The molecule has 5 rings (SSSR count). The van der Waals surface area contributed by atoms with Crippen molar-refractivity contribution >= 4 is 29.0 Å². The Morgan fingerprint density at radius 2 is 1.84 bits per heavy atom. The lowest BCUT2D eigenvalue weighted by atomic mass is 10.0. The number of amides is 1. The zero-order valence-corrected chi connectivity index (χ0v) is 18.0. The number of carbonyl (C=O) groups is 1. The van der Waals surface area contributed by atoms with Crippen molar-refractivity contribution in [1.82, 2.24) is 10.3 Å². The summed E-state index contributed by atoms with van der Waals surface area (Å²) >= 11 is 5.77. The van der Waals surface area contributed by atoms with Crippen molar-refractivity contribution in [3.05, 3.63) is 52.8 Å². The highest BCUT2D eigenvalue weighted by Crippen LogP contribution is 2.35. The van der Waals surface area contributed by atoms with Crippen LogP contribution in [0.2, 0.25) is 5.02 Å². The van der Waals surface area contributed by atoms with Crippen LogP contribution in [-0.2, 0) is 4.79 Å². The highest BCUT2D eigenvalue weighted by molar-refractivity contribution is 6.30. The van der Waals surface area contributed by atoms with Crippen molar-refractivity contribution in [3.8, 4) is 11.1 Å². The van der Waals surface area contributed by atoms with Crippen molar-refractivity contribution in [3.63, 3.8) is 0 Å². The quantitative estimate of drug-likeness (QED) is 0.697. The molecule has 1 atom stereocenters. The van der Waals surface area contributed by atoms with Gasteiger partial charge in [-0.3, -0.25) is 10.2 Å². The van der Waals surface area contributed by atoms with Crippen LogP contribution < -0.4 is 10.3 Å². The van der Waals surface area contributed by atoms with E-state index in [9.17, 15) is 9.18 Å². The van der Waals surface area contributed by atoms with Crippen LogP contribution in [0.5, 0.6) is 0 Å². The number of carbonyl (C=O) groups excluding carboxylic acids is 1. The first-order valence-electron chi connectivity index (χ1n) is 10.7. The maximum atomic E-state index is 15.0. The summed E-state index contributed by atoms with van der Waals surface area (Å²) in [7, 11) is 0. The van der Waals surface area contributed by atoms with Gasteiger partial charge in [0.1, 0.15) is 24.0 Å². The highest BCUT2D eigenvalue weighted by atomic mass is 35.5. The molecule has 2 fully saturated rings. The average molecular weight is 463 g/mol. The minimum absolute atomic E-state index is 0.0681. The van der Waals surface area contributed by atoms with E-state index in [0.717, 1.165) is 37.5 Å². The van der Waals surface area contributed by atoms with E-state index in [1.165, 1.54) is 17.0 Å². The molecule has 2 aromatic rings. The Bertz CT molecular complexity index is 1080. The third-order valence-electron chi connectivity index (χ3n) is 6.27. The van der Waals surface area contributed by atoms with Crippen molar-refractivity contribution in [2.75, 3.05) is 24.7 Å². The molecule has 1 amide bonds. The van der Waals surface area contributed by atoms with Gasteiger partial charge < -0.3 is 9.80 Å². The molecule has 32 heavy (non-hydrogen) atoms. The van der Waals surface area contributed by atoms with Crippen molar-refractivity contribution in [2.45, 2.75) is 25.7 Å². The van der Waals surface area contributed by atoms with E-state index < -0.39 is 17.5 Å². The lowest BCUT2D eigenvalue weighted by molar-refractivity contribution is -0.131. The Hall–Kier alpha value is -2.74. The van der Waals surface area contributed by atoms with Gasteiger partial charge in [0.25, 0.3) is 0 Å². The Kier molecular flexibility index (Phi) is 5.49. The second kappa shape index (κ2) is 8.31. The normalized spacial score (nSPS) is 20.5. The summed E-state index contributed by atoms with van der Waals surface area (Å²) in [4.78, 5) is 15.7. The highest BCUT2D eigenvalue weighted by Gasteiger charge is 2.37. The molecule has 0 aromatic heterocycles. The van der Waals surface area contributed by atoms with Crippen LogP contribution in [0.3, 0.4) is 0 Å². The zero-order chi connectivity index (χ0) is 22.4. The van der Waals surface area contributed by atoms with Crippen LogP contribution in [0.15, 0.2) is 35.4 Å². The van der Waals surface area contributed by atoms with E-state index in [1.807, 2.05) is 4.90 Å². The van der Waals surface area contributed by atoms with Gasteiger partial charge in [0.15, 0.2) is 11.6 Å². The summed E-state index contributed by atoms with van der Waals surface area (Å²) in [6.07, 6.45) is 3.29. The summed E-state index contributed by atoms with van der Waals surface area (Å²) in [5.74, 6) is -1.14. The molecule has 168 valence electrons. The number of halogens is 4. The second-order valence-electron chi connectivity index (χ2n) is 8.60. The van der Waals surface area contributed by atoms with Gasteiger partial charge in [0.2, 0.25) is 5.91 Å². The number of hydrazone groups is 1. The van der Waals surface area contributed by atoms with E-state index in [-0.39, 0.29) is 46.2 Å². The Labute approximate surface area is 188 Å². The maximum Gasteiger partial charge on any atom is 0.225 e. The van der Waals surface area contributed by atoms with Gasteiger partial charge in [0.05, 0.1) is 0 Å². The number of rotatable bonds is 5. The van der Waals surface area contributed by atoms with Crippen LogP contribution in [-0.4, -0.2) is 36.4 Å². The number of likely N-dealkylation sites (tertiary alicyclic amines) is 1. The van der Waals surface area contributed by atoms with Gasteiger partial charge >= 0.3 is 0 Å². The SMILES string of the molecule is O=C(C1CC1)N1CC[C@@H](CC2=NNCN2c2c(F)cc(-c3ccc(Cl)cc3F)cc2F)C1. The largest absolute Gasteiger partial charge is 0.342 e. The van der Waals surface area contributed by atoms with Crippen LogP contribution in [0.1, 0.15) is 25.7 Å². The number of amidine groups is 1. The van der Waals surface area contributed by atoms with Crippen molar-refractivity contribution in [1.29, 1.82) is 0 Å². The third-order valence-corrected chi connectivity index (χ3v) is 6.51. The molecule has 5 nitrogen and oxygen atoms in total. The Morgan fingerprint density at radius 3 is 2.53 bits per heavy atom. The topological polar surface area (TPSA) is 47.9 Å². The molecule has 2 aliphatic heterocycles. The maximum absolute atomic E-state index is 15.0. The summed E-state index contributed by atoms with van der Waals surface area (Å²) in [5.41, 5.74) is 2.73. The molecule has 9 heteroatoms. The molecule has 0 unspecified atom stereocenters. The standard InChI is InChI=1S/C23H22ClF3N4O/c24-16-3-4-17(18(25)10-16)15-8-19(26)22(20(27)9-15)31-12-28-29-21(31)7-13-5-6-30(11-13)23(32)14-1-2-14/h3-4,8-10,13-14,28H,1-2,5-7,11-12H2/t13-/m0/s1. The number of nitrogens with one attached hydrogen (secondary N) is 1. The predicted molar refractivity (Wildman–Crippen MR) is 117 cm³/mol. The van der Waals surface area contributed by atoms with E-state index in [0.29, 0.717) is 25.3 Å². The third kappa shape index (κ3) is 4.03. The minimum Gasteiger partial charge on any atom is -0.342 e. The molecule has 1 saturated heterocycles. The van der Waals surface area contributed by atoms with Gasteiger partial charge in [-0.2, -0.15) is 5.10 Å². The second-order valence-corrected chi connectivity index (χ2v) is 9.04. The van der Waals surface area contributed by atoms with E-state index >= 15 is 8.78 Å². The molecule has 2 aromatic carbocycles. The van der Waals surface area contributed by atoms with Gasteiger partial charge in [0, 0.05) is 36.0 Å². The van der Waals surface area contributed by atoms with Crippen LogP contribution in [0, 0.1) is 29.3 Å². The predicted octanol–water partition coefficient (Wildman–Crippen LogP) is 4.75. The molecular weight excluding hydrogens is 441 g/mol. The molecule has 0 spiro atoms. The summed E-state index contributed by atoms with van der Waals surface area (Å²) in [6, 6.07) is 6.20. The first-order valence-corrected chi connectivity index (χ1v) is 11.1. The van der Waals surface area contributed by atoms with E-state index in [4.69, 9.17) is 11.6 Å². The molecule has 0 bridgehead atoms. The molecule has 1 aliphatic carbocycles. The van der Waals surface area contributed by atoms with Gasteiger partial charge in [-0.25, -0.2) is 13.2 Å². The molecular formula is C23H22ClF3N4O. The first kappa shape index (κ1) is 21.1. The summed E-state index contributed by atoms with van der Waals surface area (Å²) < 4.78 is 44.3. The average Bonchev–Trinajstić information content (AvgIpc) is 3.33. The fourth-order valence-electron chi connectivity index (χ4n) is 4.46. The minimum atomic E-state index is -0.803. The van der Waals surface area contributed by atoms with Crippen molar-refractivity contribution in [2.24, 2.45) is 16.9 Å². The molecule has 3 aliphatic rings. The van der Waals surface area contributed by atoms with Crippen LogP contribution in [0.4, 0.5) is 18.9 Å². The number of nitrogens with zero attached hydrogens (tertiary/aromatic N) is 3. The number of benzene rings is 2. The zero-order valence-electron chi connectivity index (χ0n) is 17.3. The number of anilines is 1. The molecule has 1 N–H and O–H groups in total. The monoisotopic (exact) mass is 462 g/mol. The van der Waals surface area contributed by atoms with E-state index in [1.54, 1.807) is 0 Å². The first-order chi connectivity index (χ1) is 15.4. The fourth-order valence-corrected chi connectivity index (χ4v) is 4.62. The van der Waals surface area contributed by atoms with Crippen LogP contribution in [0.25, 0.3) is 11.1 Å². The fraction of sp³-hybridized carbons (Fsp3) is 0.391. The summed E-state index contributed by atoms with van der Waals surface area (Å²) in [6.45, 7) is 1.49. The lowest BCUT2D eigenvalue weighted by Crippen LogP contribution is -2.33. The lowest BCUT2D eigenvalue weighted by Gasteiger charge is -2.23. The Morgan fingerprint density at radius 1 is 1.09 bits per heavy atom. The van der Waals surface area contributed by atoms with Crippen molar-refractivity contribution < 1.29 is 18.0 Å². The number of hydrogen-bond acceptors (Lipinski definition) is 4. The summed E-state index contributed by atoms with van der Waals surface area (Å²) in [5, 5.41) is 4.45. The Balaban J connectivity index is 1.34. The smallest absolute Gasteiger partial charge is 0.225 e.